The van der Waals surface area contributed by atoms with Crippen LogP contribution >= 0.6 is 0 Å². The Kier molecular flexibility index (Phi) is 6.82. The van der Waals surface area contributed by atoms with Gasteiger partial charge in [-0.05, 0) is 57.0 Å². The van der Waals surface area contributed by atoms with Crippen molar-refractivity contribution in [3.05, 3.63) is 65.7 Å². The highest BCUT2D eigenvalue weighted by molar-refractivity contribution is 5.97. The number of anilines is 1. The number of likely N-dealkylation sites (tertiary alicyclic amines) is 1. The Morgan fingerprint density at radius 1 is 1.07 bits per heavy atom. The molecule has 1 saturated heterocycles. The van der Waals surface area contributed by atoms with Gasteiger partial charge in [0, 0.05) is 30.4 Å². The molecule has 0 aromatic heterocycles. The predicted octanol–water partition coefficient (Wildman–Crippen LogP) is 3.94. The van der Waals surface area contributed by atoms with Crippen LogP contribution in [0.4, 0.5) is 5.69 Å². The average molecular weight is 380 g/mol. The van der Waals surface area contributed by atoms with Crippen LogP contribution in [-0.2, 0) is 4.79 Å². The summed E-state index contributed by atoms with van der Waals surface area (Å²) >= 11 is 0. The van der Waals surface area contributed by atoms with Crippen LogP contribution in [0.15, 0.2) is 54.6 Å². The molecule has 5 nitrogen and oxygen atoms in total. The van der Waals surface area contributed by atoms with Gasteiger partial charge in [-0.3, -0.25) is 14.5 Å². The van der Waals surface area contributed by atoms with Crippen LogP contribution in [0.25, 0.3) is 0 Å². The first kappa shape index (κ1) is 20.1. The van der Waals surface area contributed by atoms with Crippen molar-refractivity contribution in [2.75, 3.05) is 31.5 Å². The molecule has 1 aliphatic rings. The zero-order valence-corrected chi connectivity index (χ0v) is 16.7. The molecule has 148 valence electrons. The summed E-state index contributed by atoms with van der Waals surface area (Å²) < 4.78 is 0. The summed E-state index contributed by atoms with van der Waals surface area (Å²) in [6, 6.07) is 17.9. The van der Waals surface area contributed by atoms with E-state index in [0.29, 0.717) is 36.9 Å². The molecule has 3 rings (SSSR count). The highest BCUT2D eigenvalue weighted by atomic mass is 16.2. The Balaban J connectivity index is 1.63. The van der Waals surface area contributed by atoms with E-state index in [1.54, 1.807) is 17.0 Å². The molecule has 28 heavy (non-hydrogen) atoms. The fourth-order valence-electron chi connectivity index (χ4n) is 3.88. The molecule has 0 aliphatic carbocycles. The molecule has 0 spiro atoms. The summed E-state index contributed by atoms with van der Waals surface area (Å²) in [5.41, 5.74) is 2.53. The van der Waals surface area contributed by atoms with Gasteiger partial charge in [-0.15, -0.1) is 0 Å². The van der Waals surface area contributed by atoms with Gasteiger partial charge in [0.2, 0.25) is 5.91 Å². The van der Waals surface area contributed by atoms with Gasteiger partial charge < -0.3 is 10.2 Å². The summed E-state index contributed by atoms with van der Waals surface area (Å²) in [4.78, 5) is 29.2. The van der Waals surface area contributed by atoms with Crippen LogP contribution in [0.3, 0.4) is 0 Å². The fraction of sp³-hybridized carbons (Fsp3) is 0.391. The zero-order chi connectivity index (χ0) is 19.9. The number of benzene rings is 2. The summed E-state index contributed by atoms with van der Waals surface area (Å²) in [6.07, 6.45) is 2.17. The molecule has 1 heterocycles. The van der Waals surface area contributed by atoms with Crippen molar-refractivity contribution in [3.8, 4) is 0 Å². The largest absolute Gasteiger partial charge is 0.339 e. The lowest BCUT2D eigenvalue weighted by molar-refractivity contribution is -0.117. The number of carbonyl (C=O) groups is 2. The van der Waals surface area contributed by atoms with Crippen molar-refractivity contribution >= 4 is 17.5 Å². The van der Waals surface area contributed by atoms with Crippen LogP contribution in [0, 0.1) is 0 Å². The molecular formula is C23H29N3O2. The molecular weight excluding hydrogens is 350 g/mol. The molecule has 1 unspecified atom stereocenters. The Morgan fingerprint density at radius 2 is 1.82 bits per heavy atom. The molecule has 0 bridgehead atoms. The van der Waals surface area contributed by atoms with E-state index < -0.39 is 0 Å². The first-order valence-electron chi connectivity index (χ1n) is 10.1. The molecule has 2 aromatic carbocycles. The number of amides is 2. The van der Waals surface area contributed by atoms with Gasteiger partial charge >= 0.3 is 0 Å². The average Bonchev–Trinajstić information content (AvgIpc) is 3.17. The Labute approximate surface area is 167 Å². The van der Waals surface area contributed by atoms with Crippen molar-refractivity contribution < 1.29 is 9.59 Å². The first-order valence-corrected chi connectivity index (χ1v) is 10.1. The Bertz CT molecular complexity index is 803. The van der Waals surface area contributed by atoms with E-state index in [9.17, 15) is 9.59 Å². The molecule has 5 heteroatoms. The third kappa shape index (κ3) is 4.78. The number of nitrogens with one attached hydrogen (secondary N) is 1. The number of carbonyl (C=O) groups excluding carboxylic acids is 2. The van der Waals surface area contributed by atoms with Crippen LogP contribution < -0.4 is 5.32 Å². The maximum absolute atomic E-state index is 12.6. The Morgan fingerprint density at radius 3 is 2.54 bits per heavy atom. The molecule has 2 aromatic rings. The molecule has 1 aliphatic heterocycles. The van der Waals surface area contributed by atoms with Gasteiger partial charge in [-0.2, -0.15) is 0 Å². The van der Waals surface area contributed by atoms with Gasteiger partial charge in [-0.1, -0.05) is 36.4 Å². The zero-order valence-electron chi connectivity index (χ0n) is 16.7. The maximum atomic E-state index is 12.6. The second kappa shape index (κ2) is 9.51. The normalized spacial score (nSPS) is 16.7. The highest BCUT2D eigenvalue weighted by Gasteiger charge is 2.27. The second-order valence-corrected chi connectivity index (χ2v) is 7.15. The summed E-state index contributed by atoms with van der Waals surface area (Å²) in [5.74, 6) is -0.0555. The van der Waals surface area contributed by atoms with Gasteiger partial charge in [0.15, 0.2) is 0 Å². The fourth-order valence-corrected chi connectivity index (χ4v) is 3.88. The SMILES string of the molecule is CCN(CC)C(=O)c1cccc(NC(=O)CN2CCCC2c2ccccc2)c1. The van der Waals surface area contributed by atoms with Crippen molar-refractivity contribution in [2.45, 2.75) is 32.7 Å². The molecule has 1 N–H and O–H groups in total. The van der Waals surface area contributed by atoms with Crippen LogP contribution in [-0.4, -0.2) is 47.8 Å². The molecule has 1 atom stereocenters. The molecule has 0 radical (unpaired) electrons. The Hall–Kier alpha value is -2.66. The van der Waals surface area contributed by atoms with E-state index in [4.69, 9.17) is 0 Å². The number of nitrogens with zero attached hydrogens (tertiary/aromatic N) is 2. The minimum atomic E-state index is -0.0460. The predicted molar refractivity (Wildman–Crippen MR) is 112 cm³/mol. The van der Waals surface area contributed by atoms with E-state index in [1.165, 1.54) is 5.56 Å². The topological polar surface area (TPSA) is 52.7 Å². The quantitative estimate of drug-likeness (QED) is 0.793. The van der Waals surface area contributed by atoms with E-state index in [0.717, 1.165) is 19.4 Å². The number of hydrogen-bond donors (Lipinski definition) is 1. The van der Waals surface area contributed by atoms with Crippen LogP contribution in [0.1, 0.15) is 48.7 Å². The van der Waals surface area contributed by atoms with Crippen molar-refractivity contribution in [3.63, 3.8) is 0 Å². The van der Waals surface area contributed by atoms with Gasteiger partial charge in [-0.25, -0.2) is 0 Å². The van der Waals surface area contributed by atoms with Crippen LogP contribution in [0.5, 0.6) is 0 Å². The minimum absolute atomic E-state index is 0.00946. The molecule has 2 amide bonds. The summed E-state index contributed by atoms with van der Waals surface area (Å²) in [6.45, 7) is 6.54. The van der Waals surface area contributed by atoms with Crippen LogP contribution in [0.2, 0.25) is 0 Å². The van der Waals surface area contributed by atoms with Gasteiger partial charge in [0.1, 0.15) is 0 Å². The monoisotopic (exact) mass is 379 g/mol. The van der Waals surface area contributed by atoms with Crippen molar-refractivity contribution in [2.24, 2.45) is 0 Å². The number of hydrogen-bond acceptors (Lipinski definition) is 3. The smallest absolute Gasteiger partial charge is 0.253 e. The molecule has 1 fully saturated rings. The third-order valence-electron chi connectivity index (χ3n) is 5.34. The van der Waals surface area contributed by atoms with E-state index >= 15 is 0 Å². The van der Waals surface area contributed by atoms with E-state index in [-0.39, 0.29) is 11.8 Å². The molecule has 0 saturated carbocycles. The second-order valence-electron chi connectivity index (χ2n) is 7.15. The highest BCUT2D eigenvalue weighted by Crippen LogP contribution is 2.31. The van der Waals surface area contributed by atoms with E-state index in [2.05, 4.69) is 22.3 Å². The standard InChI is InChI=1S/C23H29N3O2/c1-3-25(4-2)23(28)19-12-8-13-20(16-19)24-22(27)17-26-15-9-14-21(26)18-10-6-5-7-11-18/h5-8,10-13,16,21H,3-4,9,14-15,17H2,1-2H3,(H,24,27). The van der Waals surface area contributed by atoms with Crippen molar-refractivity contribution in [1.82, 2.24) is 9.80 Å². The summed E-state index contributed by atoms with van der Waals surface area (Å²) in [7, 11) is 0. The minimum Gasteiger partial charge on any atom is -0.339 e. The lowest BCUT2D eigenvalue weighted by Gasteiger charge is -2.24. The lowest BCUT2D eigenvalue weighted by atomic mass is 10.0. The van der Waals surface area contributed by atoms with Gasteiger partial charge in [0.05, 0.1) is 6.54 Å². The van der Waals surface area contributed by atoms with Crippen molar-refractivity contribution in [1.29, 1.82) is 0 Å². The summed E-state index contributed by atoms with van der Waals surface area (Å²) in [5, 5.41) is 2.96. The lowest BCUT2D eigenvalue weighted by Crippen LogP contribution is -2.33. The van der Waals surface area contributed by atoms with E-state index in [1.807, 2.05) is 44.2 Å². The number of rotatable bonds is 7. The first-order chi connectivity index (χ1) is 13.6. The maximum Gasteiger partial charge on any atom is 0.253 e. The third-order valence-corrected chi connectivity index (χ3v) is 5.34. The van der Waals surface area contributed by atoms with Gasteiger partial charge in [0.25, 0.3) is 5.91 Å².